The molecule has 16 heavy (non-hydrogen) atoms. The number of ether oxygens (including phenoxy) is 1. The second kappa shape index (κ2) is 4.29. The van der Waals surface area contributed by atoms with E-state index in [4.69, 9.17) is 0 Å². The molecule has 0 spiro atoms. The first-order valence-electron chi connectivity index (χ1n) is 5.20. The van der Waals surface area contributed by atoms with E-state index in [0.29, 0.717) is 5.56 Å². The van der Waals surface area contributed by atoms with Gasteiger partial charge >= 0.3 is 5.97 Å². The third-order valence-corrected chi connectivity index (χ3v) is 4.80. The fraction of sp³-hybridized carbons (Fsp3) is 0.417. The van der Waals surface area contributed by atoms with Gasteiger partial charge in [-0.1, -0.05) is 30.9 Å². The van der Waals surface area contributed by atoms with Crippen LogP contribution >= 0.6 is 0 Å². The standard InChI is InChI=1S/C12H18O3Si/c1-8-10(16(3,4)5)7-6-9(13)11(8)12(14)15-2/h6-7,13H,1-5H3. The molecule has 0 saturated carbocycles. The topological polar surface area (TPSA) is 46.5 Å². The Morgan fingerprint density at radius 1 is 1.31 bits per heavy atom. The lowest BCUT2D eigenvalue weighted by atomic mass is 10.1. The number of hydrogen-bond acceptors (Lipinski definition) is 3. The van der Waals surface area contributed by atoms with Gasteiger partial charge in [-0.15, -0.1) is 0 Å². The molecule has 1 aromatic rings. The summed E-state index contributed by atoms with van der Waals surface area (Å²) in [5.41, 5.74) is 1.13. The zero-order valence-electron chi connectivity index (χ0n) is 10.4. The normalized spacial score (nSPS) is 11.3. The van der Waals surface area contributed by atoms with Crippen LogP contribution in [0.15, 0.2) is 12.1 Å². The number of benzene rings is 1. The number of methoxy groups -OCH3 is 1. The van der Waals surface area contributed by atoms with Crippen molar-refractivity contribution in [2.45, 2.75) is 26.6 Å². The van der Waals surface area contributed by atoms with Crippen molar-refractivity contribution in [3.63, 3.8) is 0 Å². The largest absolute Gasteiger partial charge is 0.507 e. The summed E-state index contributed by atoms with van der Waals surface area (Å²) in [5, 5.41) is 10.9. The van der Waals surface area contributed by atoms with E-state index in [1.165, 1.54) is 12.3 Å². The molecule has 1 aromatic carbocycles. The summed E-state index contributed by atoms with van der Waals surface area (Å²) >= 11 is 0. The highest BCUT2D eigenvalue weighted by Gasteiger charge is 2.24. The van der Waals surface area contributed by atoms with E-state index >= 15 is 0 Å². The van der Waals surface area contributed by atoms with Crippen LogP contribution in [0.3, 0.4) is 0 Å². The van der Waals surface area contributed by atoms with E-state index in [1.807, 2.05) is 13.0 Å². The van der Waals surface area contributed by atoms with Crippen molar-refractivity contribution in [1.82, 2.24) is 0 Å². The minimum atomic E-state index is -1.51. The van der Waals surface area contributed by atoms with Crippen molar-refractivity contribution < 1.29 is 14.6 Å². The highest BCUT2D eigenvalue weighted by molar-refractivity contribution is 6.89. The van der Waals surface area contributed by atoms with E-state index in [9.17, 15) is 9.90 Å². The van der Waals surface area contributed by atoms with Crippen molar-refractivity contribution >= 4 is 19.2 Å². The third-order valence-electron chi connectivity index (χ3n) is 2.64. The Labute approximate surface area is 97.1 Å². The van der Waals surface area contributed by atoms with Gasteiger partial charge < -0.3 is 9.84 Å². The van der Waals surface area contributed by atoms with E-state index in [2.05, 4.69) is 24.4 Å². The van der Waals surface area contributed by atoms with Crippen LogP contribution in [-0.2, 0) is 4.74 Å². The molecule has 4 heteroatoms. The zero-order chi connectivity index (χ0) is 12.5. The second-order valence-corrected chi connectivity index (χ2v) is 9.91. The van der Waals surface area contributed by atoms with Gasteiger partial charge in [0.15, 0.2) is 0 Å². The predicted octanol–water partition coefficient (Wildman–Crippen LogP) is 2.03. The summed E-state index contributed by atoms with van der Waals surface area (Å²) in [6.07, 6.45) is 0. The molecule has 1 N–H and O–H groups in total. The summed E-state index contributed by atoms with van der Waals surface area (Å²) in [5.74, 6) is -0.485. The van der Waals surface area contributed by atoms with Gasteiger partial charge in [-0.2, -0.15) is 0 Å². The zero-order valence-corrected chi connectivity index (χ0v) is 11.4. The molecule has 0 bridgehead atoms. The molecule has 0 aromatic heterocycles. The van der Waals surface area contributed by atoms with Gasteiger partial charge in [0, 0.05) is 0 Å². The monoisotopic (exact) mass is 238 g/mol. The number of aromatic hydroxyl groups is 1. The smallest absolute Gasteiger partial charge is 0.341 e. The van der Waals surface area contributed by atoms with Gasteiger partial charge in [-0.05, 0) is 18.6 Å². The third kappa shape index (κ3) is 2.27. The first kappa shape index (κ1) is 12.8. The molecule has 0 atom stereocenters. The lowest BCUT2D eigenvalue weighted by molar-refractivity contribution is 0.0596. The van der Waals surface area contributed by atoms with Crippen molar-refractivity contribution in [2.24, 2.45) is 0 Å². The Hall–Kier alpha value is -1.29. The predicted molar refractivity (Wildman–Crippen MR) is 67.2 cm³/mol. The van der Waals surface area contributed by atoms with Crippen molar-refractivity contribution in [2.75, 3.05) is 7.11 Å². The van der Waals surface area contributed by atoms with Gasteiger partial charge in [-0.25, -0.2) is 4.79 Å². The minimum Gasteiger partial charge on any atom is -0.507 e. The molecular weight excluding hydrogens is 220 g/mol. The lowest BCUT2D eigenvalue weighted by Crippen LogP contribution is -2.40. The van der Waals surface area contributed by atoms with Crippen LogP contribution in [0.1, 0.15) is 15.9 Å². The number of phenols is 1. The maximum Gasteiger partial charge on any atom is 0.341 e. The number of carbonyl (C=O) groups excluding carboxylic acids is 1. The molecule has 0 fully saturated rings. The fourth-order valence-corrected chi connectivity index (χ4v) is 3.70. The van der Waals surface area contributed by atoms with E-state index in [1.54, 1.807) is 6.07 Å². The highest BCUT2D eigenvalue weighted by Crippen LogP contribution is 2.22. The number of esters is 1. The first-order chi connectivity index (χ1) is 7.29. The molecule has 88 valence electrons. The van der Waals surface area contributed by atoms with Crippen LogP contribution in [0, 0.1) is 6.92 Å². The van der Waals surface area contributed by atoms with Crippen LogP contribution in [-0.4, -0.2) is 26.3 Å². The van der Waals surface area contributed by atoms with Crippen LogP contribution in [0.5, 0.6) is 5.75 Å². The molecule has 3 nitrogen and oxygen atoms in total. The average molecular weight is 238 g/mol. The molecule has 1 rings (SSSR count). The van der Waals surface area contributed by atoms with Gasteiger partial charge in [0.2, 0.25) is 0 Å². The minimum absolute atomic E-state index is 0.00801. The SMILES string of the molecule is COC(=O)c1c(O)ccc([Si](C)(C)C)c1C. The van der Waals surface area contributed by atoms with Crippen LogP contribution in [0.2, 0.25) is 19.6 Å². The number of rotatable bonds is 2. The summed E-state index contributed by atoms with van der Waals surface area (Å²) in [6.45, 7) is 8.47. The fourth-order valence-electron chi connectivity index (χ4n) is 1.87. The van der Waals surface area contributed by atoms with E-state index in [0.717, 1.165) is 5.56 Å². The van der Waals surface area contributed by atoms with Crippen molar-refractivity contribution in [3.8, 4) is 5.75 Å². The van der Waals surface area contributed by atoms with Crippen molar-refractivity contribution in [1.29, 1.82) is 0 Å². The summed E-state index contributed by atoms with van der Waals surface area (Å²) in [4.78, 5) is 11.6. The van der Waals surface area contributed by atoms with E-state index in [-0.39, 0.29) is 5.75 Å². The summed E-state index contributed by atoms with van der Waals surface area (Å²) in [6, 6.07) is 3.48. The molecule has 0 amide bonds. The Morgan fingerprint density at radius 3 is 2.31 bits per heavy atom. The molecule has 0 aliphatic rings. The molecule has 0 heterocycles. The second-order valence-electron chi connectivity index (χ2n) is 4.87. The Balaban J connectivity index is 3.45. The Morgan fingerprint density at radius 2 is 1.88 bits per heavy atom. The molecule has 0 radical (unpaired) electrons. The number of carbonyl (C=O) groups is 1. The van der Waals surface area contributed by atoms with Gasteiger partial charge in [-0.3, -0.25) is 0 Å². The molecule has 0 saturated heterocycles. The molecular formula is C12H18O3Si. The van der Waals surface area contributed by atoms with Gasteiger partial charge in [0.05, 0.1) is 15.2 Å². The van der Waals surface area contributed by atoms with Gasteiger partial charge in [0.1, 0.15) is 11.3 Å². The maximum atomic E-state index is 11.6. The maximum absolute atomic E-state index is 11.6. The number of phenolic OH excluding ortho intramolecular Hbond substituents is 1. The van der Waals surface area contributed by atoms with Crippen LogP contribution < -0.4 is 5.19 Å². The Bertz CT molecular complexity index is 419. The average Bonchev–Trinajstić information content (AvgIpc) is 2.15. The molecule has 0 aliphatic heterocycles. The lowest BCUT2D eigenvalue weighted by Gasteiger charge is -2.21. The summed E-state index contributed by atoms with van der Waals surface area (Å²) in [7, 11) is -0.188. The number of hydrogen-bond donors (Lipinski definition) is 1. The highest BCUT2D eigenvalue weighted by atomic mass is 28.3. The molecule has 0 unspecified atom stereocenters. The molecule has 0 aliphatic carbocycles. The Kier molecular flexibility index (Phi) is 3.43. The quantitative estimate of drug-likeness (QED) is 0.633. The van der Waals surface area contributed by atoms with Crippen molar-refractivity contribution in [3.05, 3.63) is 23.3 Å². The van der Waals surface area contributed by atoms with Crippen LogP contribution in [0.4, 0.5) is 0 Å². The first-order valence-corrected chi connectivity index (χ1v) is 8.70. The van der Waals surface area contributed by atoms with E-state index < -0.39 is 14.0 Å². The summed E-state index contributed by atoms with van der Waals surface area (Å²) < 4.78 is 4.68. The van der Waals surface area contributed by atoms with Crippen LogP contribution in [0.25, 0.3) is 0 Å². The van der Waals surface area contributed by atoms with Gasteiger partial charge in [0.25, 0.3) is 0 Å².